The summed E-state index contributed by atoms with van der Waals surface area (Å²) in [7, 11) is 0. The molecule has 126 valence electrons. The molecule has 0 aliphatic rings. The molecule has 0 radical (unpaired) electrons. The number of nitrogens with two attached hydrogens (primary N) is 1. The SMILES string of the molecule is CSc1ccc(CC(NC=O)C(=O)NCc2ccc(N)cc2)cc1. The zero-order valence-electron chi connectivity index (χ0n) is 13.5. The van der Waals surface area contributed by atoms with Crippen LogP contribution in [0.5, 0.6) is 0 Å². The molecule has 2 aromatic carbocycles. The molecule has 2 rings (SSSR count). The summed E-state index contributed by atoms with van der Waals surface area (Å²) in [5, 5.41) is 5.43. The second kappa shape index (κ2) is 8.98. The standard InChI is InChI=1S/C18H21N3O2S/c1-24-16-8-4-13(5-9-16)10-17(21-12-22)18(23)20-11-14-2-6-15(19)7-3-14/h2-9,12,17H,10-11,19H2,1H3,(H,20,23)(H,21,22). The van der Waals surface area contributed by atoms with Crippen LogP contribution in [-0.2, 0) is 22.6 Å². The van der Waals surface area contributed by atoms with E-state index in [1.807, 2.05) is 42.7 Å². The summed E-state index contributed by atoms with van der Waals surface area (Å²) in [4.78, 5) is 24.3. The summed E-state index contributed by atoms with van der Waals surface area (Å²) in [6.07, 6.45) is 3.01. The molecule has 4 N–H and O–H groups in total. The largest absolute Gasteiger partial charge is 0.399 e. The van der Waals surface area contributed by atoms with Crippen LogP contribution in [0.25, 0.3) is 0 Å². The maximum absolute atomic E-state index is 12.3. The molecule has 0 aliphatic carbocycles. The number of hydrogen-bond donors (Lipinski definition) is 3. The minimum Gasteiger partial charge on any atom is -0.399 e. The second-order valence-corrected chi connectivity index (χ2v) is 6.23. The summed E-state index contributed by atoms with van der Waals surface area (Å²) in [6, 6.07) is 14.6. The fourth-order valence-corrected chi connectivity index (χ4v) is 2.66. The average molecular weight is 343 g/mol. The van der Waals surface area contributed by atoms with Gasteiger partial charge in [-0.25, -0.2) is 0 Å². The van der Waals surface area contributed by atoms with Gasteiger partial charge in [0, 0.05) is 23.5 Å². The Balaban J connectivity index is 1.95. The van der Waals surface area contributed by atoms with Crippen molar-refractivity contribution in [2.45, 2.75) is 23.9 Å². The van der Waals surface area contributed by atoms with Gasteiger partial charge < -0.3 is 16.4 Å². The lowest BCUT2D eigenvalue weighted by molar-refractivity contribution is -0.125. The molecule has 0 fully saturated rings. The third kappa shape index (κ3) is 5.31. The van der Waals surface area contributed by atoms with Crippen molar-refractivity contribution in [1.29, 1.82) is 0 Å². The molecule has 0 aliphatic heterocycles. The van der Waals surface area contributed by atoms with Gasteiger partial charge in [0.25, 0.3) is 0 Å². The lowest BCUT2D eigenvalue weighted by Crippen LogP contribution is -2.44. The molecular formula is C18H21N3O2S. The van der Waals surface area contributed by atoms with Crippen LogP contribution in [0.3, 0.4) is 0 Å². The number of rotatable bonds is 8. The zero-order chi connectivity index (χ0) is 17.4. The van der Waals surface area contributed by atoms with Crippen LogP contribution in [0.2, 0.25) is 0 Å². The Morgan fingerprint density at radius 1 is 1.12 bits per heavy atom. The molecule has 2 aromatic rings. The average Bonchev–Trinajstić information content (AvgIpc) is 2.61. The van der Waals surface area contributed by atoms with Gasteiger partial charge in [-0.05, 0) is 41.6 Å². The van der Waals surface area contributed by atoms with Crippen LogP contribution < -0.4 is 16.4 Å². The highest BCUT2D eigenvalue weighted by Crippen LogP contribution is 2.15. The van der Waals surface area contributed by atoms with E-state index in [4.69, 9.17) is 5.73 Å². The normalized spacial score (nSPS) is 11.5. The van der Waals surface area contributed by atoms with E-state index in [1.165, 1.54) is 0 Å². The molecule has 0 saturated carbocycles. The van der Waals surface area contributed by atoms with Crippen LogP contribution >= 0.6 is 11.8 Å². The fourth-order valence-electron chi connectivity index (χ4n) is 2.25. The number of benzene rings is 2. The van der Waals surface area contributed by atoms with Gasteiger partial charge in [0.05, 0.1) is 0 Å². The Hall–Kier alpha value is -2.47. The van der Waals surface area contributed by atoms with E-state index in [0.29, 0.717) is 25.1 Å². The monoisotopic (exact) mass is 343 g/mol. The van der Waals surface area contributed by atoms with E-state index >= 15 is 0 Å². The van der Waals surface area contributed by atoms with E-state index in [1.54, 1.807) is 23.9 Å². The lowest BCUT2D eigenvalue weighted by Gasteiger charge is -2.16. The number of thioether (sulfide) groups is 1. The van der Waals surface area contributed by atoms with Crippen LogP contribution in [0.4, 0.5) is 5.69 Å². The van der Waals surface area contributed by atoms with Crippen molar-refractivity contribution in [3.05, 3.63) is 59.7 Å². The van der Waals surface area contributed by atoms with Crippen LogP contribution in [0, 0.1) is 0 Å². The molecule has 6 heteroatoms. The van der Waals surface area contributed by atoms with E-state index in [0.717, 1.165) is 16.0 Å². The first kappa shape index (κ1) is 17.9. The number of anilines is 1. The van der Waals surface area contributed by atoms with Crippen molar-refractivity contribution in [2.75, 3.05) is 12.0 Å². The number of nitrogen functional groups attached to an aromatic ring is 1. The molecule has 0 heterocycles. The third-order valence-electron chi connectivity index (χ3n) is 3.63. The Labute approximate surface area is 146 Å². The summed E-state index contributed by atoms with van der Waals surface area (Å²) in [5.74, 6) is -0.215. The molecule has 24 heavy (non-hydrogen) atoms. The van der Waals surface area contributed by atoms with E-state index in [9.17, 15) is 9.59 Å². The highest BCUT2D eigenvalue weighted by Gasteiger charge is 2.17. The van der Waals surface area contributed by atoms with Gasteiger partial charge in [0.15, 0.2) is 0 Å². The molecule has 0 spiro atoms. The Morgan fingerprint density at radius 2 is 1.75 bits per heavy atom. The van der Waals surface area contributed by atoms with E-state index < -0.39 is 6.04 Å². The summed E-state index contributed by atoms with van der Waals surface area (Å²) in [6.45, 7) is 0.390. The maximum Gasteiger partial charge on any atom is 0.243 e. The lowest BCUT2D eigenvalue weighted by atomic mass is 10.1. The number of carbonyl (C=O) groups is 2. The second-order valence-electron chi connectivity index (χ2n) is 5.35. The molecule has 2 amide bonds. The van der Waals surface area contributed by atoms with Gasteiger partial charge in [0.1, 0.15) is 6.04 Å². The van der Waals surface area contributed by atoms with Crippen molar-refractivity contribution >= 4 is 29.8 Å². The van der Waals surface area contributed by atoms with Gasteiger partial charge in [-0.2, -0.15) is 0 Å². The summed E-state index contributed by atoms with van der Waals surface area (Å²) in [5.41, 5.74) is 8.27. The number of amides is 2. The topological polar surface area (TPSA) is 84.2 Å². The highest BCUT2D eigenvalue weighted by atomic mass is 32.2. The van der Waals surface area contributed by atoms with Gasteiger partial charge >= 0.3 is 0 Å². The molecule has 1 unspecified atom stereocenters. The van der Waals surface area contributed by atoms with Gasteiger partial charge in [-0.15, -0.1) is 11.8 Å². The molecule has 0 bridgehead atoms. The van der Waals surface area contributed by atoms with Crippen molar-refractivity contribution in [3.8, 4) is 0 Å². The first-order valence-electron chi connectivity index (χ1n) is 7.57. The van der Waals surface area contributed by atoms with Crippen molar-refractivity contribution < 1.29 is 9.59 Å². The first-order chi connectivity index (χ1) is 11.6. The van der Waals surface area contributed by atoms with Gasteiger partial charge in [0.2, 0.25) is 12.3 Å². The summed E-state index contributed by atoms with van der Waals surface area (Å²) >= 11 is 1.66. The molecule has 1 atom stereocenters. The number of hydrogen-bond acceptors (Lipinski definition) is 4. The van der Waals surface area contributed by atoms with Crippen LogP contribution in [-0.4, -0.2) is 24.6 Å². The number of nitrogens with one attached hydrogen (secondary N) is 2. The smallest absolute Gasteiger partial charge is 0.243 e. The minimum atomic E-state index is -0.601. The van der Waals surface area contributed by atoms with Gasteiger partial charge in [-0.1, -0.05) is 24.3 Å². The minimum absolute atomic E-state index is 0.215. The Kier molecular flexibility index (Phi) is 6.69. The molecule has 0 aromatic heterocycles. The molecule has 0 saturated heterocycles. The van der Waals surface area contributed by atoms with Crippen molar-refractivity contribution in [2.24, 2.45) is 0 Å². The van der Waals surface area contributed by atoms with Crippen LogP contribution in [0.1, 0.15) is 11.1 Å². The fraction of sp³-hybridized carbons (Fsp3) is 0.222. The zero-order valence-corrected chi connectivity index (χ0v) is 14.3. The maximum atomic E-state index is 12.3. The van der Waals surface area contributed by atoms with E-state index in [-0.39, 0.29) is 5.91 Å². The van der Waals surface area contributed by atoms with Crippen molar-refractivity contribution in [1.82, 2.24) is 10.6 Å². The molecular weight excluding hydrogens is 322 g/mol. The summed E-state index contributed by atoms with van der Waals surface area (Å²) < 4.78 is 0. The first-order valence-corrected chi connectivity index (χ1v) is 8.79. The Morgan fingerprint density at radius 3 is 2.33 bits per heavy atom. The third-order valence-corrected chi connectivity index (χ3v) is 4.37. The van der Waals surface area contributed by atoms with Crippen molar-refractivity contribution in [3.63, 3.8) is 0 Å². The quantitative estimate of drug-likeness (QED) is 0.389. The van der Waals surface area contributed by atoms with E-state index in [2.05, 4.69) is 10.6 Å². The van der Waals surface area contributed by atoms with Gasteiger partial charge in [-0.3, -0.25) is 9.59 Å². The Bertz CT molecular complexity index is 672. The van der Waals surface area contributed by atoms with Crippen LogP contribution in [0.15, 0.2) is 53.4 Å². The molecule has 5 nitrogen and oxygen atoms in total. The predicted octanol–water partition coefficient (Wildman–Crippen LogP) is 1.96. The highest BCUT2D eigenvalue weighted by molar-refractivity contribution is 7.98. The number of carbonyl (C=O) groups excluding carboxylic acids is 2. The predicted molar refractivity (Wildman–Crippen MR) is 97.6 cm³/mol.